The van der Waals surface area contributed by atoms with Gasteiger partial charge in [0.2, 0.25) is 0 Å². The highest BCUT2D eigenvalue weighted by atomic mass is 16.2. The molecule has 6 heteroatoms. The van der Waals surface area contributed by atoms with Crippen molar-refractivity contribution in [3.05, 3.63) is 33.7 Å². The summed E-state index contributed by atoms with van der Waals surface area (Å²) in [6.07, 6.45) is 1.06. The van der Waals surface area contributed by atoms with E-state index in [2.05, 4.69) is 4.98 Å². The zero-order chi connectivity index (χ0) is 10.0. The van der Waals surface area contributed by atoms with E-state index >= 15 is 0 Å². The van der Waals surface area contributed by atoms with E-state index in [4.69, 9.17) is 11.5 Å². The van der Waals surface area contributed by atoms with E-state index in [0.717, 1.165) is 12.3 Å². The van der Waals surface area contributed by atoms with Gasteiger partial charge in [0, 0.05) is 12.3 Å². The molecule has 0 aliphatic carbocycles. The second-order valence-corrected chi connectivity index (χ2v) is 2.35. The third-order valence-corrected chi connectivity index (χ3v) is 1.44. The van der Waals surface area contributed by atoms with Gasteiger partial charge in [-0.15, -0.1) is 0 Å². The van der Waals surface area contributed by atoms with E-state index in [9.17, 15) is 14.4 Å². The molecule has 0 fully saturated rings. The number of pyridine rings is 1. The molecule has 0 unspecified atom stereocenters. The van der Waals surface area contributed by atoms with Crippen LogP contribution in [0.1, 0.15) is 20.8 Å². The molecule has 0 aromatic carbocycles. The van der Waals surface area contributed by atoms with Crippen LogP contribution in [-0.4, -0.2) is 16.8 Å². The maximum absolute atomic E-state index is 11.1. The Kier molecular flexibility index (Phi) is 2.14. The summed E-state index contributed by atoms with van der Waals surface area (Å²) in [5, 5.41) is 0. The van der Waals surface area contributed by atoms with Gasteiger partial charge >= 0.3 is 0 Å². The minimum atomic E-state index is -0.850. The molecular formula is C7H7N3O3. The van der Waals surface area contributed by atoms with Crippen LogP contribution >= 0.6 is 0 Å². The van der Waals surface area contributed by atoms with Gasteiger partial charge in [0.05, 0.1) is 0 Å². The summed E-state index contributed by atoms with van der Waals surface area (Å²) in [5.74, 6) is -1.62. The average molecular weight is 181 g/mol. The van der Waals surface area contributed by atoms with Gasteiger partial charge in [-0.25, -0.2) is 0 Å². The number of aromatic amines is 1. The van der Waals surface area contributed by atoms with Gasteiger partial charge < -0.3 is 16.5 Å². The van der Waals surface area contributed by atoms with E-state index in [1.807, 2.05) is 0 Å². The van der Waals surface area contributed by atoms with Crippen LogP contribution in [0.3, 0.4) is 0 Å². The van der Waals surface area contributed by atoms with Gasteiger partial charge in [-0.3, -0.25) is 14.4 Å². The van der Waals surface area contributed by atoms with Gasteiger partial charge in [0.25, 0.3) is 11.8 Å². The van der Waals surface area contributed by atoms with Crippen LogP contribution in [0.25, 0.3) is 0 Å². The minimum absolute atomic E-state index is 0.0602. The largest absolute Gasteiger partial charge is 0.365 e. The SMILES string of the molecule is NC(=O)c1cc(=O)c(C(N)=O)c[nH]1. The van der Waals surface area contributed by atoms with Crippen molar-refractivity contribution in [2.75, 3.05) is 0 Å². The molecule has 0 spiro atoms. The Labute approximate surface area is 72.5 Å². The predicted molar refractivity (Wildman–Crippen MR) is 44.1 cm³/mol. The van der Waals surface area contributed by atoms with Crippen molar-refractivity contribution < 1.29 is 9.59 Å². The van der Waals surface area contributed by atoms with Crippen molar-refractivity contribution in [2.24, 2.45) is 11.5 Å². The summed E-state index contributed by atoms with van der Waals surface area (Å²) in [5.41, 5.74) is 8.86. The molecule has 0 aliphatic rings. The van der Waals surface area contributed by atoms with Crippen molar-refractivity contribution in [1.82, 2.24) is 4.98 Å². The van der Waals surface area contributed by atoms with Gasteiger partial charge in [-0.2, -0.15) is 0 Å². The highest BCUT2D eigenvalue weighted by Gasteiger charge is 2.08. The van der Waals surface area contributed by atoms with Gasteiger partial charge in [0.15, 0.2) is 5.43 Å². The fraction of sp³-hybridized carbons (Fsp3) is 0. The maximum atomic E-state index is 11.1. The number of amides is 2. The number of rotatable bonds is 2. The second-order valence-electron chi connectivity index (χ2n) is 2.35. The quantitative estimate of drug-likeness (QED) is 0.518. The van der Waals surface area contributed by atoms with Crippen LogP contribution in [0.4, 0.5) is 0 Å². The van der Waals surface area contributed by atoms with Crippen molar-refractivity contribution in [2.45, 2.75) is 0 Å². The first-order chi connectivity index (χ1) is 6.02. The summed E-state index contributed by atoms with van der Waals surface area (Å²) >= 11 is 0. The molecule has 1 aromatic rings. The Morgan fingerprint density at radius 2 is 1.85 bits per heavy atom. The van der Waals surface area contributed by atoms with Crippen molar-refractivity contribution >= 4 is 11.8 Å². The highest BCUT2D eigenvalue weighted by Crippen LogP contribution is 1.91. The lowest BCUT2D eigenvalue weighted by Crippen LogP contribution is -2.24. The first-order valence-electron chi connectivity index (χ1n) is 3.34. The van der Waals surface area contributed by atoms with Gasteiger partial charge in [0.1, 0.15) is 11.3 Å². The molecule has 0 saturated heterocycles. The van der Waals surface area contributed by atoms with E-state index in [1.165, 1.54) is 0 Å². The summed E-state index contributed by atoms with van der Waals surface area (Å²) in [6, 6.07) is 0.933. The summed E-state index contributed by atoms with van der Waals surface area (Å²) in [7, 11) is 0. The number of aromatic nitrogens is 1. The fourth-order valence-electron chi connectivity index (χ4n) is 0.806. The lowest BCUT2D eigenvalue weighted by molar-refractivity contribution is 0.0983. The number of nitrogens with two attached hydrogens (primary N) is 2. The Morgan fingerprint density at radius 1 is 1.23 bits per heavy atom. The van der Waals surface area contributed by atoms with E-state index in [-0.39, 0.29) is 11.3 Å². The van der Waals surface area contributed by atoms with Crippen LogP contribution in [0.15, 0.2) is 17.1 Å². The zero-order valence-electron chi connectivity index (χ0n) is 6.53. The van der Waals surface area contributed by atoms with Crippen LogP contribution in [0.5, 0.6) is 0 Å². The third-order valence-electron chi connectivity index (χ3n) is 1.44. The van der Waals surface area contributed by atoms with Crippen LogP contribution in [0.2, 0.25) is 0 Å². The molecule has 0 aliphatic heterocycles. The van der Waals surface area contributed by atoms with Crippen molar-refractivity contribution in [3.8, 4) is 0 Å². The van der Waals surface area contributed by atoms with Gasteiger partial charge in [-0.1, -0.05) is 0 Å². The third kappa shape index (κ3) is 1.73. The Bertz CT molecular complexity index is 421. The number of primary amides is 2. The topological polar surface area (TPSA) is 119 Å². The Balaban J connectivity index is 3.29. The summed E-state index contributed by atoms with van der Waals surface area (Å²) < 4.78 is 0. The Hall–Kier alpha value is -2.11. The highest BCUT2D eigenvalue weighted by molar-refractivity contribution is 5.94. The van der Waals surface area contributed by atoms with E-state index in [0.29, 0.717) is 0 Å². The average Bonchev–Trinajstić information content (AvgIpc) is 2.03. The molecule has 1 rings (SSSR count). The second kappa shape index (κ2) is 3.10. The van der Waals surface area contributed by atoms with Crippen LogP contribution in [0, 0.1) is 0 Å². The van der Waals surface area contributed by atoms with Crippen molar-refractivity contribution in [3.63, 3.8) is 0 Å². The number of nitrogens with one attached hydrogen (secondary N) is 1. The molecule has 2 amide bonds. The number of H-pyrrole nitrogens is 1. The molecule has 0 saturated carbocycles. The monoisotopic (exact) mass is 181 g/mol. The van der Waals surface area contributed by atoms with E-state index in [1.54, 1.807) is 0 Å². The number of carbonyl (C=O) groups is 2. The molecule has 0 radical (unpaired) electrons. The number of hydrogen-bond donors (Lipinski definition) is 3. The smallest absolute Gasteiger partial charge is 0.265 e. The molecule has 13 heavy (non-hydrogen) atoms. The first kappa shape index (κ1) is 8.98. The zero-order valence-corrected chi connectivity index (χ0v) is 6.53. The standard InChI is InChI=1S/C7H7N3O3/c8-6(12)3-2-10-4(7(9)13)1-5(3)11/h1-2H,(H2,8,12)(H2,9,13)(H,10,11). The van der Waals surface area contributed by atoms with Crippen LogP contribution < -0.4 is 16.9 Å². The van der Waals surface area contributed by atoms with Crippen molar-refractivity contribution in [1.29, 1.82) is 0 Å². The molecule has 6 nitrogen and oxygen atoms in total. The molecule has 5 N–H and O–H groups in total. The molecule has 1 heterocycles. The molecular weight excluding hydrogens is 174 g/mol. The predicted octanol–water partition coefficient (Wildman–Crippen LogP) is -1.43. The fourth-order valence-corrected chi connectivity index (χ4v) is 0.806. The molecule has 1 aromatic heterocycles. The maximum Gasteiger partial charge on any atom is 0.265 e. The Morgan fingerprint density at radius 3 is 2.23 bits per heavy atom. The van der Waals surface area contributed by atoms with E-state index < -0.39 is 17.2 Å². The summed E-state index contributed by atoms with van der Waals surface area (Å²) in [4.78, 5) is 34.6. The minimum Gasteiger partial charge on any atom is -0.365 e. The summed E-state index contributed by atoms with van der Waals surface area (Å²) in [6.45, 7) is 0. The number of carbonyl (C=O) groups excluding carboxylic acids is 2. The van der Waals surface area contributed by atoms with Crippen LogP contribution in [-0.2, 0) is 0 Å². The molecule has 68 valence electrons. The lowest BCUT2D eigenvalue weighted by Gasteiger charge is -1.96. The normalized spacial score (nSPS) is 9.54. The first-order valence-corrected chi connectivity index (χ1v) is 3.34. The molecule has 0 atom stereocenters. The number of hydrogen-bond acceptors (Lipinski definition) is 3. The molecule has 0 bridgehead atoms. The lowest BCUT2D eigenvalue weighted by atomic mass is 10.2. The van der Waals surface area contributed by atoms with Gasteiger partial charge in [-0.05, 0) is 0 Å².